The molecule has 1 aliphatic heterocycles. The molecule has 2 aromatic carbocycles. The number of amides is 1. The third kappa shape index (κ3) is 5.44. The van der Waals surface area contributed by atoms with Crippen LogP contribution < -0.4 is 24.3 Å². The van der Waals surface area contributed by atoms with Crippen molar-refractivity contribution in [2.24, 2.45) is 0 Å². The maximum Gasteiger partial charge on any atom is 0.586 e. The van der Waals surface area contributed by atoms with Gasteiger partial charge in [-0.05, 0) is 36.9 Å². The third-order valence-electron chi connectivity index (χ3n) is 4.00. The van der Waals surface area contributed by atoms with Crippen molar-refractivity contribution in [3.63, 3.8) is 0 Å². The molecule has 0 radical (unpaired) electrons. The van der Waals surface area contributed by atoms with Crippen molar-refractivity contribution in [2.75, 3.05) is 26.0 Å². The fraction of sp³-hybridized carbons (Fsp3) is 0.316. The SMILES string of the molecule is COc1cc(CN(C)CC(=O)Nc2ccc3c(c2)OC(F)(F)O3)ccc1OC(F)F. The molecule has 0 aromatic heterocycles. The molecule has 0 unspecified atom stereocenters. The Kier molecular flexibility index (Phi) is 6.20. The lowest BCUT2D eigenvalue weighted by Gasteiger charge is -2.18. The predicted octanol–water partition coefficient (Wildman–Crippen LogP) is 3.69. The zero-order chi connectivity index (χ0) is 21.9. The molecule has 0 atom stereocenters. The van der Waals surface area contributed by atoms with Gasteiger partial charge in [0, 0.05) is 18.3 Å². The summed E-state index contributed by atoms with van der Waals surface area (Å²) in [7, 11) is 3.01. The van der Waals surface area contributed by atoms with Crippen LogP contribution in [0.2, 0.25) is 0 Å². The van der Waals surface area contributed by atoms with Crippen LogP contribution in [-0.4, -0.2) is 44.4 Å². The molecule has 0 aliphatic carbocycles. The topological polar surface area (TPSA) is 69.3 Å². The van der Waals surface area contributed by atoms with Crippen LogP contribution in [0.4, 0.5) is 23.2 Å². The molecule has 1 aliphatic rings. The smallest absolute Gasteiger partial charge is 0.493 e. The summed E-state index contributed by atoms with van der Waals surface area (Å²) in [5.41, 5.74) is 0.970. The van der Waals surface area contributed by atoms with Crippen molar-refractivity contribution in [1.82, 2.24) is 4.90 Å². The third-order valence-corrected chi connectivity index (χ3v) is 4.00. The molecule has 0 saturated heterocycles. The number of likely N-dealkylation sites (N-methyl/N-ethyl adjacent to an activating group) is 1. The van der Waals surface area contributed by atoms with Gasteiger partial charge in [0.1, 0.15) is 0 Å². The van der Waals surface area contributed by atoms with Gasteiger partial charge < -0.3 is 24.3 Å². The van der Waals surface area contributed by atoms with Gasteiger partial charge in [-0.2, -0.15) is 8.78 Å². The highest BCUT2D eigenvalue weighted by atomic mass is 19.3. The van der Waals surface area contributed by atoms with E-state index in [1.807, 2.05) is 0 Å². The summed E-state index contributed by atoms with van der Waals surface area (Å²) >= 11 is 0. The van der Waals surface area contributed by atoms with Crippen LogP contribution in [0.15, 0.2) is 36.4 Å². The fourth-order valence-corrected chi connectivity index (χ4v) is 2.84. The average molecular weight is 430 g/mol. The Morgan fingerprint density at radius 3 is 2.57 bits per heavy atom. The first-order chi connectivity index (χ1) is 14.1. The van der Waals surface area contributed by atoms with Gasteiger partial charge in [-0.15, -0.1) is 8.78 Å². The van der Waals surface area contributed by atoms with Crippen molar-refractivity contribution in [1.29, 1.82) is 0 Å². The molecule has 0 bridgehead atoms. The summed E-state index contributed by atoms with van der Waals surface area (Å²) in [5, 5.41) is 2.58. The largest absolute Gasteiger partial charge is 0.586 e. The number of fused-ring (bicyclic) bond motifs is 1. The van der Waals surface area contributed by atoms with E-state index in [-0.39, 0.29) is 35.2 Å². The van der Waals surface area contributed by atoms with Gasteiger partial charge in [-0.1, -0.05) is 6.07 Å². The first-order valence-electron chi connectivity index (χ1n) is 8.65. The standard InChI is InChI=1S/C19H18F4N2O5/c1-25(9-11-3-5-13(28-18(20)21)15(7-11)27-2)10-17(26)24-12-4-6-14-16(8-12)30-19(22,23)29-14/h3-8,18H,9-10H2,1-2H3,(H,24,26). The molecule has 1 heterocycles. The number of carbonyl (C=O) groups excluding carboxylic acids is 1. The van der Waals surface area contributed by atoms with Crippen LogP contribution in [0.5, 0.6) is 23.0 Å². The number of ether oxygens (including phenoxy) is 4. The Balaban J connectivity index is 1.56. The summed E-state index contributed by atoms with van der Waals surface area (Å²) in [6.45, 7) is -2.69. The van der Waals surface area contributed by atoms with Crippen molar-refractivity contribution in [3.05, 3.63) is 42.0 Å². The van der Waals surface area contributed by atoms with Crippen LogP contribution in [-0.2, 0) is 11.3 Å². The predicted molar refractivity (Wildman–Crippen MR) is 97.2 cm³/mol. The molecule has 2 aromatic rings. The van der Waals surface area contributed by atoms with Crippen molar-refractivity contribution in [2.45, 2.75) is 19.5 Å². The minimum absolute atomic E-state index is 0.0256. The highest BCUT2D eigenvalue weighted by Crippen LogP contribution is 2.42. The van der Waals surface area contributed by atoms with Gasteiger partial charge in [0.15, 0.2) is 23.0 Å². The number of benzene rings is 2. The van der Waals surface area contributed by atoms with Crippen LogP contribution in [0.25, 0.3) is 0 Å². The fourth-order valence-electron chi connectivity index (χ4n) is 2.84. The number of hydrogen-bond donors (Lipinski definition) is 1. The number of rotatable bonds is 8. The lowest BCUT2D eigenvalue weighted by molar-refractivity contribution is -0.286. The van der Waals surface area contributed by atoms with Crippen LogP contribution in [0.1, 0.15) is 5.56 Å². The van der Waals surface area contributed by atoms with E-state index >= 15 is 0 Å². The molecule has 3 rings (SSSR count). The number of anilines is 1. The lowest BCUT2D eigenvalue weighted by atomic mass is 10.2. The molecule has 7 nitrogen and oxygen atoms in total. The van der Waals surface area contributed by atoms with Crippen molar-refractivity contribution >= 4 is 11.6 Å². The van der Waals surface area contributed by atoms with Gasteiger partial charge in [0.05, 0.1) is 13.7 Å². The quantitative estimate of drug-likeness (QED) is 0.645. The summed E-state index contributed by atoms with van der Waals surface area (Å²) < 4.78 is 69.0. The highest BCUT2D eigenvalue weighted by molar-refractivity contribution is 5.92. The summed E-state index contributed by atoms with van der Waals surface area (Å²) in [6.07, 6.45) is -3.73. The number of carbonyl (C=O) groups is 1. The van der Waals surface area contributed by atoms with E-state index in [1.165, 1.54) is 37.4 Å². The number of nitrogens with zero attached hydrogens (tertiary/aromatic N) is 1. The Bertz CT molecular complexity index is 926. The number of alkyl halides is 4. The first kappa shape index (κ1) is 21.5. The zero-order valence-electron chi connectivity index (χ0n) is 16.0. The number of halogens is 4. The molecule has 0 fully saturated rings. The van der Waals surface area contributed by atoms with E-state index in [4.69, 9.17) is 4.74 Å². The molecule has 30 heavy (non-hydrogen) atoms. The van der Waals surface area contributed by atoms with E-state index in [1.54, 1.807) is 18.0 Å². The van der Waals surface area contributed by atoms with Crippen LogP contribution in [0, 0.1) is 0 Å². The highest BCUT2D eigenvalue weighted by Gasteiger charge is 2.43. The van der Waals surface area contributed by atoms with Gasteiger partial charge in [0.25, 0.3) is 0 Å². The first-order valence-corrected chi connectivity index (χ1v) is 8.65. The molecule has 1 N–H and O–H groups in total. The molecule has 162 valence electrons. The second-order valence-corrected chi connectivity index (χ2v) is 6.41. The average Bonchev–Trinajstić information content (AvgIpc) is 2.95. The van der Waals surface area contributed by atoms with Crippen molar-refractivity contribution < 1.29 is 41.3 Å². The van der Waals surface area contributed by atoms with Crippen molar-refractivity contribution in [3.8, 4) is 23.0 Å². The Labute approximate surface area is 169 Å². The summed E-state index contributed by atoms with van der Waals surface area (Å²) in [6, 6.07) is 8.38. The molecule has 0 spiro atoms. The monoisotopic (exact) mass is 430 g/mol. The van der Waals surface area contributed by atoms with E-state index in [0.717, 1.165) is 0 Å². The molecular formula is C19H18F4N2O5. The minimum atomic E-state index is -3.73. The van der Waals surface area contributed by atoms with Gasteiger partial charge in [0.2, 0.25) is 5.91 Å². The minimum Gasteiger partial charge on any atom is -0.493 e. The number of hydrogen-bond acceptors (Lipinski definition) is 6. The second kappa shape index (κ2) is 8.66. The maximum absolute atomic E-state index is 13.1. The lowest BCUT2D eigenvalue weighted by Crippen LogP contribution is -2.29. The van der Waals surface area contributed by atoms with Crippen LogP contribution >= 0.6 is 0 Å². The number of nitrogens with one attached hydrogen (secondary N) is 1. The summed E-state index contributed by atoms with van der Waals surface area (Å²) in [4.78, 5) is 13.9. The van der Waals surface area contributed by atoms with Gasteiger partial charge in [-0.3, -0.25) is 9.69 Å². The molecular weight excluding hydrogens is 412 g/mol. The van der Waals surface area contributed by atoms with E-state index < -0.39 is 18.8 Å². The summed E-state index contributed by atoms with van der Waals surface area (Å²) in [5.74, 6) is -0.645. The van der Waals surface area contributed by atoms with Crippen LogP contribution in [0.3, 0.4) is 0 Å². The van der Waals surface area contributed by atoms with E-state index in [2.05, 4.69) is 19.5 Å². The Hall–Kier alpha value is -3.21. The second-order valence-electron chi connectivity index (χ2n) is 6.41. The zero-order valence-corrected chi connectivity index (χ0v) is 16.0. The Morgan fingerprint density at radius 2 is 1.87 bits per heavy atom. The van der Waals surface area contributed by atoms with E-state index in [0.29, 0.717) is 12.1 Å². The maximum atomic E-state index is 13.1. The number of methoxy groups -OCH3 is 1. The molecule has 1 amide bonds. The van der Waals surface area contributed by atoms with Gasteiger partial charge in [-0.25, -0.2) is 0 Å². The van der Waals surface area contributed by atoms with E-state index in [9.17, 15) is 22.4 Å². The van der Waals surface area contributed by atoms with Gasteiger partial charge >= 0.3 is 12.9 Å². The molecule has 0 saturated carbocycles. The molecule has 11 heteroatoms. The normalized spacial score (nSPS) is 14.1. The Morgan fingerprint density at radius 1 is 1.13 bits per heavy atom.